The van der Waals surface area contributed by atoms with Gasteiger partial charge >= 0.3 is 11.9 Å². The van der Waals surface area contributed by atoms with Gasteiger partial charge in [0.25, 0.3) is 0 Å². The molecule has 0 amide bonds. The van der Waals surface area contributed by atoms with Crippen LogP contribution in [0.1, 0.15) is 82.4 Å². The van der Waals surface area contributed by atoms with Crippen molar-refractivity contribution >= 4 is 22.8 Å². The lowest BCUT2D eigenvalue weighted by molar-refractivity contribution is -0.140. The number of nitrogens with one attached hydrogen (secondary N) is 1. The number of fused-ring (bicyclic) bond motifs is 4. The summed E-state index contributed by atoms with van der Waals surface area (Å²) >= 11 is 0. The van der Waals surface area contributed by atoms with Crippen molar-refractivity contribution in [2.45, 2.75) is 84.2 Å². The van der Waals surface area contributed by atoms with Crippen LogP contribution in [0.3, 0.4) is 0 Å². The number of carbonyl (C=O) groups is 2. The van der Waals surface area contributed by atoms with E-state index in [1.54, 1.807) is 6.07 Å². The van der Waals surface area contributed by atoms with E-state index in [-0.39, 0.29) is 30.3 Å². The van der Waals surface area contributed by atoms with Crippen molar-refractivity contribution in [2.75, 3.05) is 20.6 Å². The first-order chi connectivity index (χ1) is 20.1. The number of hydrogen-bond donors (Lipinski definition) is 1. The van der Waals surface area contributed by atoms with Crippen molar-refractivity contribution in [1.82, 2.24) is 9.88 Å². The van der Waals surface area contributed by atoms with Crippen LogP contribution in [0.5, 0.6) is 17.2 Å². The first kappa shape index (κ1) is 29.9. The first-order valence-corrected chi connectivity index (χ1v) is 15.2. The smallest absolute Gasteiger partial charge is 0.311 e. The summed E-state index contributed by atoms with van der Waals surface area (Å²) in [5.41, 5.74) is 5.06. The van der Waals surface area contributed by atoms with Crippen molar-refractivity contribution in [3.8, 4) is 17.2 Å². The first-order valence-electron chi connectivity index (χ1n) is 15.2. The van der Waals surface area contributed by atoms with Crippen LogP contribution in [0.25, 0.3) is 10.9 Å². The minimum absolute atomic E-state index is 0.0713. The minimum atomic E-state index is -0.461. The van der Waals surface area contributed by atoms with E-state index in [2.05, 4.69) is 49.7 Å². The largest absolute Gasteiger partial charge is 0.487 e. The molecule has 2 heterocycles. The fourth-order valence-corrected chi connectivity index (χ4v) is 6.48. The maximum absolute atomic E-state index is 13.2. The molecule has 0 bridgehead atoms. The number of likely N-dealkylation sites (N-methyl/N-ethyl adjacent to an activating group) is 1. The van der Waals surface area contributed by atoms with E-state index in [1.807, 2.05) is 38.5 Å². The molecule has 224 valence electrons. The predicted octanol–water partition coefficient (Wildman–Crippen LogP) is 7.13. The molecular formula is C35H44N2O5. The topological polar surface area (TPSA) is 80.9 Å². The molecule has 0 saturated carbocycles. The van der Waals surface area contributed by atoms with E-state index in [0.717, 1.165) is 72.0 Å². The zero-order valence-corrected chi connectivity index (χ0v) is 25.8. The van der Waals surface area contributed by atoms with Crippen LogP contribution < -0.4 is 14.2 Å². The highest BCUT2D eigenvalue weighted by molar-refractivity contribution is 5.92. The van der Waals surface area contributed by atoms with Gasteiger partial charge in [0.05, 0.1) is 12.8 Å². The van der Waals surface area contributed by atoms with Crippen LogP contribution >= 0.6 is 0 Å². The van der Waals surface area contributed by atoms with Gasteiger partial charge in [0.15, 0.2) is 0 Å². The van der Waals surface area contributed by atoms with Gasteiger partial charge in [0.1, 0.15) is 22.8 Å². The average molecular weight is 573 g/mol. The van der Waals surface area contributed by atoms with E-state index >= 15 is 0 Å². The number of rotatable bonds is 10. The van der Waals surface area contributed by atoms with Crippen molar-refractivity contribution in [2.24, 2.45) is 5.92 Å². The molecule has 42 heavy (non-hydrogen) atoms. The second-order valence-corrected chi connectivity index (χ2v) is 12.6. The van der Waals surface area contributed by atoms with Crippen molar-refractivity contribution in [3.63, 3.8) is 0 Å². The van der Waals surface area contributed by atoms with Gasteiger partial charge in [-0.3, -0.25) is 9.59 Å². The zero-order chi connectivity index (χ0) is 30.0. The molecular weight excluding hydrogens is 528 g/mol. The van der Waals surface area contributed by atoms with E-state index in [0.29, 0.717) is 11.5 Å². The number of nitrogens with zero attached hydrogens (tertiary/aromatic N) is 1. The van der Waals surface area contributed by atoms with Gasteiger partial charge in [-0.1, -0.05) is 31.1 Å². The van der Waals surface area contributed by atoms with Crippen molar-refractivity contribution in [1.29, 1.82) is 0 Å². The number of aromatic nitrogens is 1. The second-order valence-electron chi connectivity index (χ2n) is 12.6. The Labute approximate surface area is 249 Å². The average Bonchev–Trinajstić information content (AvgIpc) is 3.34. The molecule has 7 nitrogen and oxygen atoms in total. The fourth-order valence-electron chi connectivity index (χ4n) is 6.48. The highest BCUT2D eigenvalue weighted by atomic mass is 16.5. The van der Waals surface area contributed by atoms with Gasteiger partial charge in [0.2, 0.25) is 0 Å². The molecule has 5 rings (SSSR count). The molecule has 0 spiro atoms. The van der Waals surface area contributed by atoms with Gasteiger partial charge in [-0.05, 0) is 95.9 Å². The Morgan fingerprint density at radius 2 is 1.81 bits per heavy atom. The molecule has 3 aromatic rings. The number of hydrogen-bond acceptors (Lipinski definition) is 6. The van der Waals surface area contributed by atoms with Gasteiger partial charge in [-0.2, -0.15) is 0 Å². The van der Waals surface area contributed by atoms with E-state index in [9.17, 15) is 9.59 Å². The summed E-state index contributed by atoms with van der Waals surface area (Å²) in [7, 11) is 4.06. The summed E-state index contributed by atoms with van der Waals surface area (Å²) in [6.07, 6.45) is 8.87. The third-order valence-electron chi connectivity index (χ3n) is 8.61. The number of aryl methyl sites for hydroxylation is 1. The lowest BCUT2D eigenvalue weighted by Crippen LogP contribution is -2.45. The Balaban J connectivity index is 1.31. The summed E-state index contributed by atoms with van der Waals surface area (Å²) in [6, 6.07) is 9.72. The highest BCUT2D eigenvalue weighted by Gasteiger charge is 2.45. The lowest BCUT2D eigenvalue weighted by Gasteiger charge is -2.46. The van der Waals surface area contributed by atoms with Crippen LogP contribution in [0, 0.1) is 5.92 Å². The summed E-state index contributed by atoms with van der Waals surface area (Å²) in [6.45, 7) is 9.49. The monoisotopic (exact) mass is 572 g/mol. The third-order valence-corrected chi connectivity index (χ3v) is 8.61. The number of H-pyrrole nitrogens is 1. The molecule has 0 saturated heterocycles. The number of aromatic amines is 1. The quantitative estimate of drug-likeness (QED) is 0.158. The van der Waals surface area contributed by atoms with Crippen LogP contribution in [0.2, 0.25) is 0 Å². The number of benzene rings is 2. The summed E-state index contributed by atoms with van der Waals surface area (Å²) in [4.78, 5) is 31.4. The Morgan fingerprint density at radius 1 is 1.07 bits per heavy atom. The summed E-state index contributed by atoms with van der Waals surface area (Å²) < 4.78 is 18.4. The van der Waals surface area contributed by atoms with Gasteiger partial charge in [0, 0.05) is 41.0 Å². The van der Waals surface area contributed by atoms with Crippen LogP contribution in [-0.4, -0.2) is 48.1 Å². The normalized spacial score (nSPS) is 19.1. The minimum Gasteiger partial charge on any atom is -0.487 e. The van der Waals surface area contributed by atoms with E-state index in [4.69, 9.17) is 14.2 Å². The van der Waals surface area contributed by atoms with Crippen molar-refractivity contribution < 1.29 is 23.8 Å². The van der Waals surface area contributed by atoms with Gasteiger partial charge < -0.3 is 24.1 Å². The molecule has 7 heteroatoms. The molecule has 2 aliphatic rings. The fraction of sp³-hybridized carbons (Fsp3) is 0.486. The molecule has 0 fully saturated rings. The summed E-state index contributed by atoms with van der Waals surface area (Å²) in [5.74, 6) is 1.34. The second kappa shape index (κ2) is 12.3. The number of ether oxygens (including phenoxy) is 3. The molecule has 0 radical (unpaired) electrons. The van der Waals surface area contributed by atoms with Gasteiger partial charge in [-0.15, -0.1) is 0 Å². The molecule has 1 aliphatic carbocycles. The Hall–Kier alpha value is -3.58. The molecule has 2 atom stereocenters. The van der Waals surface area contributed by atoms with E-state index < -0.39 is 11.9 Å². The predicted molar refractivity (Wildman–Crippen MR) is 165 cm³/mol. The molecule has 1 aromatic heterocycles. The molecule has 1 aliphatic heterocycles. The lowest BCUT2D eigenvalue weighted by atomic mass is 9.68. The Bertz CT molecular complexity index is 1500. The van der Waals surface area contributed by atoms with Crippen LogP contribution in [0.4, 0.5) is 0 Å². The molecule has 2 aromatic carbocycles. The Kier molecular flexibility index (Phi) is 8.78. The van der Waals surface area contributed by atoms with Crippen molar-refractivity contribution in [3.05, 3.63) is 64.9 Å². The maximum Gasteiger partial charge on any atom is 0.311 e. The number of carbonyl (C=O) groups excluding carboxylic acids is 2. The maximum atomic E-state index is 13.2. The van der Waals surface area contributed by atoms with Crippen LogP contribution in [-0.2, 0) is 22.4 Å². The Morgan fingerprint density at radius 3 is 2.52 bits per heavy atom. The molecule has 1 N–H and O–H groups in total. The number of allylic oxidation sites excluding steroid dienone is 2. The van der Waals surface area contributed by atoms with E-state index in [1.165, 1.54) is 5.57 Å². The van der Waals surface area contributed by atoms with Crippen LogP contribution in [0.15, 0.2) is 48.2 Å². The third kappa shape index (κ3) is 6.41. The van der Waals surface area contributed by atoms with Gasteiger partial charge in [-0.25, -0.2) is 0 Å². The number of esters is 2. The zero-order valence-electron chi connectivity index (χ0n) is 25.8. The SMILES string of the molecule is CCCc1cc(OC(=O)CCC(=O)Oc2cccc3[nH]cc(CCN(C)C)c23)c2c(c1)OC(C)(C)C1CCC(C)=CC21. The highest BCUT2D eigenvalue weighted by Crippen LogP contribution is 2.53. The standard InChI is InChI=1S/C35H44N2O5/c1-7-9-23-19-29(34-25-18-22(2)12-13-26(25)35(3,4)42-30(34)20-23)41-32(39)15-14-31(38)40-28-11-8-10-27-33(28)24(21-36-27)16-17-37(5)6/h8,10-11,18-21,25-26,36H,7,9,12-17H2,1-6H3. The molecule has 2 unspecified atom stereocenters. The summed E-state index contributed by atoms with van der Waals surface area (Å²) in [5, 5.41) is 0.906.